The molecule has 0 aliphatic carbocycles. The predicted molar refractivity (Wildman–Crippen MR) is 54.5 cm³/mol. The van der Waals surface area contributed by atoms with Gasteiger partial charge in [0.2, 0.25) is 0 Å². The fourth-order valence-corrected chi connectivity index (χ4v) is 1.22. The first-order valence-electron chi connectivity index (χ1n) is 3.87. The molecule has 0 bridgehead atoms. The summed E-state index contributed by atoms with van der Waals surface area (Å²) in [5, 5.41) is 8.77. The molecule has 0 spiro atoms. The summed E-state index contributed by atoms with van der Waals surface area (Å²) in [6.07, 6.45) is 0. The monoisotopic (exact) mass is 212 g/mol. The fraction of sp³-hybridized carbons (Fsp3) is 0.100. The lowest BCUT2D eigenvalue weighted by Gasteiger charge is -2.02. The van der Waals surface area contributed by atoms with Gasteiger partial charge in [0.15, 0.2) is 0 Å². The maximum absolute atomic E-state index is 10.7. The second-order valence-electron chi connectivity index (χ2n) is 2.56. The highest BCUT2D eigenvalue weighted by Crippen LogP contribution is 2.19. The zero-order valence-electron chi connectivity index (χ0n) is 7.53. The van der Waals surface area contributed by atoms with Crippen molar-refractivity contribution in [3.8, 4) is 5.75 Å². The van der Waals surface area contributed by atoms with Crippen LogP contribution in [0, 0.1) is 0 Å². The molecule has 0 radical (unpaired) electrons. The molecule has 0 heterocycles. The maximum atomic E-state index is 10.7. The van der Waals surface area contributed by atoms with Gasteiger partial charge in [-0.05, 0) is 17.7 Å². The summed E-state index contributed by atoms with van der Waals surface area (Å²) >= 11 is 5.40. The number of methoxy groups -OCH3 is 1. The van der Waals surface area contributed by atoms with Crippen molar-refractivity contribution in [1.82, 2.24) is 0 Å². The van der Waals surface area contributed by atoms with Crippen molar-refractivity contribution in [1.29, 1.82) is 0 Å². The number of benzene rings is 1. The molecule has 0 unspecified atom stereocenters. The van der Waals surface area contributed by atoms with Crippen molar-refractivity contribution in [2.45, 2.75) is 0 Å². The Hall–Kier alpha value is -1.48. The summed E-state index contributed by atoms with van der Waals surface area (Å²) in [6.45, 7) is 0. The lowest BCUT2D eigenvalue weighted by atomic mass is 10.1. The number of carboxylic acid groups (broad SMARTS) is 1. The number of carboxylic acids is 1. The maximum Gasteiger partial charge on any atom is 0.337 e. The van der Waals surface area contributed by atoms with E-state index in [1.54, 1.807) is 31.4 Å². The van der Waals surface area contributed by atoms with Crippen LogP contribution in [0.2, 0.25) is 0 Å². The van der Waals surface area contributed by atoms with E-state index in [0.29, 0.717) is 11.3 Å². The number of carbonyl (C=O) groups is 1. The van der Waals surface area contributed by atoms with E-state index in [1.807, 2.05) is 0 Å². The summed E-state index contributed by atoms with van der Waals surface area (Å²) in [5.74, 6) is -0.377. The minimum absolute atomic E-state index is 0.0642. The first-order valence-corrected chi connectivity index (χ1v) is 4.30. The predicted octanol–water partition coefficient (Wildman–Crippen LogP) is 2.36. The average Bonchev–Trinajstić information content (AvgIpc) is 2.19. The first-order chi connectivity index (χ1) is 6.69. The van der Waals surface area contributed by atoms with Crippen LogP contribution in [0.1, 0.15) is 5.56 Å². The lowest BCUT2D eigenvalue weighted by molar-refractivity contribution is -0.130. The number of halogens is 1. The molecule has 0 fully saturated rings. The molecule has 0 saturated heterocycles. The summed E-state index contributed by atoms with van der Waals surface area (Å²) in [4.78, 5) is 10.7. The van der Waals surface area contributed by atoms with Crippen molar-refractivity contribution < 1.29 is 14.6 Å². The Balaban J connectivity index is 3.02. The fourth-order valence-electron chi connectivity index (χ4n) is 1.00. The van der Waals surface area contributed by atoms with Gasteiger partial charge in [-0.15, -0.1) is 0 Å². The molecule has 0 amide bonds. The topological polar surface area (TPSA) is 46.5 Å². The molecule has 4 heteroatoms. The van der Waals surface area contributed by atoms with Crippen LogP contribution in [0.4, 0.5) is 0 Å². The third kappa shape index (κ3) is 2.26. The molecule has 0 aliphatic rings. The van der Waals surface area contributed by atoms with Crippen molar-refractivity contribution in [2.75, 3.05) is 7.11 Å². The third-order valence-corrected chi connectivity index (χ3v) is 1.96. The smallest absolute Gasteiger partial charge is 0.337 e. The average molecular weight is 213 g/mol. The molecule has 0 aromatic heterocycles. The summed E-state index contributed by atoms with van der Waals surface area (Å²) in [5.41, 5.74) is 1.66. The third-order valence-electron chi connectivity index (χ3n) is 1.74. The molecule has 0 saturated carbocycles. The Bertz CT molecular complexity index is 354. The van der Waals surface area contributed by atoms with Crippen LogP contribution in [-0.2, 0) is 4.79 Å². The van der Waals surface area contributed by atoms with Gasteiger partial charge >= 0.3 is 5.97 Å². The summed E-state index contributed by atoms with van der Waals surface area (Å²) in [7, 11) is 1.55. The molecule has 1 aromatic carbocycles. The Kier molecular flexibility index (Phi) is 3.54. The van der Waals surface area contributed by atoms with Crippen LogP contribution in [-0.4, -0.2) is 18.2 Å². The van der Waals surface area contributed by atoms with Crippen LogP contribution in [0.5, 0.6) is 5.75 Å². The van der Waals surface area contributed by atoms with Crippen LogP contribution < -0.4 is 4.74 Å². The second kappa shape index (κ2) is 4.67. The van der Waals surface area contributed by atoms with Crippen LogP contribution in [0.15, 0.2) is 29.8 Å². The zero-order valence-corrected chi connectivity index (χ0v) is 8.28. The highest BCUT2D eigenvalue weighted by Gasteiger charge is 2.09. The molecule has 1 aromatic rings. The first kappa shape index (κ1) is 10.6. The van der Waals surface area contributed by atoms with E-state index < -0.39 is 5.97 Å². The van der Waals surface area contributed by atoms with E-state index in [1.165, 1.54) is 0 Å². The van der Waals surface area contributed by atoms with Gasteiger partial charge in [-0.3, -0.25) is 0 Å². The number of ether oxygens (including phenoxy) is 1. The van der Waals surface area contributed by atoms with Gasteiger partial charge in [-0.1, -0.05) is 23.7 Å². The summed E-state index contributed by atoms with van der Waals surface area (Å²) in [6, 6.07) is 6.64. The Morgan fingerprint density at radius 1 is 1.43 bits per heavy atom. The minimum atomic E-state index is -1.05. The number of aliphatic carboxylic acids is 1. The highest BCUT2D eigenvalue weighted by molar-refractivity contribution is 6.34. The molecule has 3 nitrogen and oxygen atoms in total. The molecule has 1 N–H and O–H groups in total. The SMILES string of the molecule is COc1ccc(/C(=C\Cl)C(=O)O)cc1. The molecule has 0 atom stereocenters. The van der Waals surface area contributed by atoms with E-state index in [-0.39, 0.29) is 5.57 Å². The molecule has 14 heavy (non-hydrogen) atoms. The minimum Gasteiger partial charge on any atom is -0.497 e. The highest BCUT2D eigenvalue weighted by atomic mass is 35.5. The van der Waals surface area contributed by atoms with Gasteiger partial charge in [0.05, 0.1) is 12.7 Å². The van der Waals surface area contributed by atoms with Crippen molar-refractivity contribution in [2.24, 2.45) is 0 Å². The Labute approximate surface area is 86.6 Å². The molecule has 74 valence electrons. The zero-order chi connectivity index (χ0) is 10.6. The van der Waals surface area contributed by atoms with E-state index in [0.717, 1.165) is 5.54 Å². The Morgan fingerprint density at radius 3 is 2.36 bits per heavy atom. The van der Waals surface area contributed by atoms with Gasteiger partial charge in [-0.25, -0.2) is 4.79 Å². The standard InChI is InChI=1S/C10H9ClO3/c1-14-8-4-2-7(3-5-8)9(6-11)10(12)13/h2-6H,1H3,(H,12,13)/b9-6+. The van der Waals surface area contributed by atoms with Gasteiger partial charge in [0.25, 0.3) is 0 Å². The van der Waals surface area contributed by atoms with Crippen LogP contribution in [0.25, 0.3) is 5.57 Å². The van der Waals surface area contributed by atoms with Gasteiger partial charge in [0.1, 0.15) is 5.75 Å². The summed E-state index contributed by atoms with van der Waals surface area (Å²) < 4.78 is 4.94. The van der Waals surface area contributed by atoms with Crippen molar-refractivity contribution in [3.63, 3.8) is 0 Å². The number of hydrogen-bond donors (Lipinski definition) is 1. The number of rotatable bonds is 3. The Morgan fingerprint density at radius 2 is 2.00 bits per heavy atom. The molecule has 0 aliphatic heterocycles. The lowest BCUT2D eigenvalue weighted by Crippen LogP contribution is -1.98. The van der Waals surface area contributed by atoms with Gasteiger partial charge in [0, 0.05) is 5.54 Å². The van der Waals surface area contributed by atoms with Crippen molar-refractivity contribution in [3.05, 3.63) is 35.4 Å². The van der Waals surface area contributed by atoms with E-state index in [4.69, 9.17) is 21.4 Å². The van der Waals surface area contributed by atoms with E-state index in [2.05, 4.69) is 0 Å². The quantitative estimate of drug-likeness (QED) is 0.783. The van der Waals surface area contributed by atoms with Gasteiger partial charge in [-0.2, -0.15) is 0 Å². The van der Waals surface area contributed by atoms with Crippen molar-refractivity contribution >= 4 is 23.1 Å². The largest absolute Gasteiger partial charge is 0.497 e. The molecular formula is C10H9ClO3. The van der Waals surface area contributed by atoms with E-state index in [9.17, 15) is 4.79 Å². The molecule has 1 rings (SSSR count). The van der Waals surface area contributed by atoms with Crippen LogP contribution >= 0.6 is 11.6 Å². The second-order valence-corrected chi connectivity index (χ2v) is 2.77. The van der Waals surface area contributed by atoms with Gasteiger partial charge < -0.3 is 9.84 Å². The normalized spacial score (nSPS) is 11.1. The van der Waals surface area contributed by atoms with Crippen LogP contribution in [0.3, 0.4) is 0 Å². The molecular weight excluding hydrogens is 204 g/mol. The van der Waals surface area contributed by atoms with E-state index >= 15 is 0 Å². The number of hydrogen-bond acceptors (Lipinski definition) is 2.